The largest absolute Gasteiger partial charge is 0.342 e. The summed E-state index contributed by atoms with van der Waals surface area (Å²) in [4.78, 5) is 28.4. The quantitative estimate of drug-likeness (QED) is 0.717. The summed E-state index contributed by atoms with van der Waals surface area (Å²) in [5.74, 6) is 0.764. The van der Waals surface area contributed by atoms with Crippen LogP contribution in [0.25, 0.3) is 10.9 Å². The highest BCUT2D eigenvalue weighted by atomic mass is 16.2. The number of carbonyl (C=O) groups excluding carboxylic acids is 2. The van der Waals surface area contributed by atoms with E-state index < -0.39 is 0 Å². The topological polar surface area (TPSA) is 57.6 Å². The highest BCUT2D eigenvalue weighted by molar-refractivity contribution is 6.09. The summed E-state index contributed by atoms with van der Waals surface area (Å²) >= 11 is 0. The number of anilines is 1. The third-order valence-corrected chi connectivity index (χ3v) is 7.90. The monoisotopic (exact) mass is 436 g/mol. The van der Waals surface area contributed by atoms with Gasteiger partial charge in [0, 0.05) is 43.2 Å². The third-order valence-electron chi connectivity index (χ3n) is 7.90. The molecular weight excluding hydrogens is 400 g/mol. The lowest BCUT2D eigenvalue weighted by molar-refractivity contribution is -0.120. The van der Waals surface area contributed by atoms with Gasteiger partial charge in [0.1, 0.15) is 0 Å². The molecule has 0 radical (unpaired) electrons. The second-order valence-corrected chi connectivity index (χ2v) is 9.99. The Bertz CT molecular complexity index is 983. The fraction of sp³-hybridized carbons (Fsp3) is 0.615. The summed E-state index contributed by atoms with van der Waals surface area (Å²) < 4.78 is 2.49. The van der Waals surface area contributed by atoms with Crippen LogP contribution in [-0.2, 0) is 4.79 Å². The molecule has 32 heavy (non-hydrogen) atoms. The van der Waals surface area contributed by atoms with Gasteiger partial charge in [0.25, 0.3) is 0 Å². The smallest absolute Gasteiger partial charge is 0.328 e. The van der Waals surface area contributed by atoms with Crippen molar-refractivity contribution < 1.29 is 9.59 Å². The minimum absolute atomic E-state index is 0.192. The Hall–Kier alpha value is -2.34. The Morgan fingerprint density at radius 2 is 1.78 bits per heavy atom. The molecule has 0 spiro atoms. The molecule has 2 saturated heterocycles. The van der Waals surface area contributed by atoms with Crippen LogP contribution in [0.3, 0.4) is 0 Å². The standard InChI is InChI=1S/C26H36N4O2/c1-19-18-22-23(29-17-13-25(31)27-26(29)32)8-5-9-24(22)30(19)21-11-15-28(16-12-21)14-10-20-6-3-2-4-7-20/h5,8-9,18,20-21H,2-4,6-7,10-17H2,1H3,(H,27,31,32). The number of fused-ring (bicyclic) bond motifs is 1. The molecule has 1 aliphatic carbocycles. The van der Waals surface area contributed by atoms with E-state index in [1.165, 1.54) is 82.2 Å². The number of imide groups is 1. The number of hydrogen-bond acceptors (Lipinski definition) is 3. The number of hydrogen-bond donors (Lipinski definition) is 1. The van der Waals surface area contributed by atoms with Crippen molar-refractivity contribution in [3.05, 3.63) is 30.0 Å². The Balaban J connectivity index is 1.28. The van der Waals surface area contributed by atoms with Crippen molar-refractivity contribution in [2.45, 2.75) is 70.8 Å². The number of urea groups is 1. The van der Waals surface area contributed by atoms with Gasteiger partial charge in [-0.25, -0.2) is 4.79 Å². The van der Waals surface area contributed by atoms with E-state index >= 15 is 0 Å². The molecule has 5 rings (SSSR count). The van der Waals surface area contributed by atoms with Gasteiger partial charge in [-0.2, -0.15) is 0 Å². The molecule has 1 aromatic carbocycles. The average molecular weight is 437 g/mol. The summed E-state index contributed by atoms with van der Waals surface area (Å²) in [6.45, 7) is 6.22. The van der Waals surface area contributed by atoms with Crippen LogP contribution in [0, 0.1) is 12.8 Å². The third kappa shape index (κ3) is 4.29. The molecule has 0 atom stereocenters. The maximum atomic E-state index is 12.4. The molecule has 1 saturated carbocycles. The zero-order valence-corrected chi connectivity index (χ0v) is 19.3. The average Bonchev–Trinajstić information content (AvgIpc) is 3.15. The van der Waals surface area contributed by atoms with Crippen molar-refractivity contribution in [3.8, 4) is 0 Å². The maximum absolute atomic E-state index is 12.4. The molecule has 2 aliphatic heterocycles. The molecule has 0 unspecified atom stereocenters. The van der Waals surface area contributed by atoms with Crippen LogP contribution in [0.5, 0.6) is 0 Å². The maximum Gasteiger partial charge on any atom is 0.328 e. The van der Waals surface area contributed by atoms with E-state index in [1.807, 2.05) is 12.1 Å². The zero-order valence-electron chi connectivity index (χ0n) is 19.3. The lowest BCUT2D eigenvalue weighted by Crippen LogP contribution is -2.49. The van der Waals surface area contributed by atoms with Crippen LogP contribution in [0.4, 0.5) is 10.5 Å². The number of aromatic nitrogens is 1. The van der Waals surface area contributed by atoms with Crippen LogP contribution < -0.4 is 10.2 Å². The number of nitrogens with zero attached hydrogens (tertiary/aromatic N) is 3. The highest BCUT2D eigenvalue weighted by Crippen LogP contribution is 2.36. The second-order valence-electron chi connectivity index (χ2n) is 9.99. The Morgan fingerprint density at radius 1 is 1.00 bits per heavy atom. The summed E-state index contributed by atoms with van der Waals surface area (Å²) in [6, 6.07) is 8.61. The van der Waals surface area contributed by atoms with Gasteiger partial charge >= 0.3 is 6.03 Å². The van der Waals surface area contributed by atoms with Gasteiger partial charge in [0.15, 0.2) is 0 Å². The molecule has 1 aromatic heterocycles. The van der Waals surface area contributed by atoms with Crippen LogP contribution in [0.2, 0.25) is 0 Å². The minimum Gasteiger partial charge on any atom is -0.342 e. The first-order chi connectivity index (χ1) is 15.6. The van der Waals surface area contributed by atoms with Gasteiger partial charge in [0.05, 0.1) is 11.2 Å². The number of benzene rings is 1. The Kier molecular flexibility index (Phi) is 6.22. The van der Waals surface area contributed by atoms with Gasteiger partial charge in [0.2, 0.25) is 5.91 Å². The van der Waals surface area contributed by atoms with E-state index in [-0.39, 0.29) is 11.9 Å². The van der Waals surface area contributed by atoms with Crippen molar-refractivity contribution in [2.75, 3.05) is 31.1 Å². The fourth-order valence-corrected chi connectivity index (χ4v) is 6.12. The normalized spacial score (nSPS) is 22.0. The molecule has 3 aliphatic rings. The van der Waals surface area contributed by atoms with Crippen molar-refractivity contribution >= 4 is 28.5 Å². The predicted octanol–water partition coefficient (Wildman–Crippen LogP) is 5.00. The molecule has 6 heteroatoms. The van der Waals surface area contributed by atoms with Gasteiger partial charge in [-0.1, -0.05) is 38.2 Å². The molecule has 3 fully saturated rings. The van der Waals surface area contributed by atoms with Crippen molar-refractivity contribution in [2.24, 2.45) is 5.92 Å². The van der Waals surface area contributed by atoms with E-state index in [4.69, 9.17) is 0 Å². The number of rotatable bonds is 5. The molecule has 3 amide bonds. The number of aryl methyl sites for hydroxylation is 1. The first-order valence-electron chi connectivity index (χ1n) is 12.5. The van der Waals surface area contributed by atoms with E-state index in [9.17, 15) is 9.59 Å². The minimum atomic E-state index is -0.314. The SMILES string of the molecule is Cc1cc2c(N3CCC(=O)NC3=O)cccc2n1C1CCN(CCC2CCCCC2)CC1. The molecule has 1 N–H and O–H groups in total. The van der Waals surface area contributed by atoms with Crippen LogP contribution in [-0.4, -0.2) is 47.6 Å². The van der Waals surface area contributed by atoms with E-state index in [1.54, 1.807) is 4.90 Å². The molecule has 0 bridgehead atoms. The number of amides is 3. The summed E-state index contributed by atoms with van der Waals surface area (Å²) in [6.07, 6.45) is 11.3. The zero-order chi connectivity index (χ0) is 22.1. The molecule has 172 valence electrons. The van der Waals surface area contributed by atoms with E-state index in [0.717, 1.165) is 17.0 Å². The molecule has 3 heterocycles. The molecular formula is C26H36N4O2. The van der Waals surface area contributed by atoms with Gasteiger partial charge in [-0.15, -0.1) is 0 Å². The number of nitrogens with one attached hydrogen (secondary N) is 1. The first kappa shape index (κ1) is 21.5. The molecule has 2 aromatic rings. The van der Waals surface area contributed by atoms with Crippen LogP contribution in [0.15, 0.2) is 24.3 Å². The number of piperidine rings is 1. The fourth-order valence-electron chi connectivity index (χ4n) is 6.12. The van der Waals surface area contributed by atoms with Crippen molar-refractivity contribution in [3.63, 3.8) is 0 Å². The van der Waals surface area contributed by atoms with E-state index in [0.29, 0.717) is 19.0 Å². The molecule has 6 nitrogen and oxygen atoms in total. The predicted molar refractivity (Wildman–Crippen MR) is 128 cm³/mol. The number of carbonyl (C=O) groups is 2. The lowest BCUT2D eigenvalue weighted by atomic mass is 9.87. The van der Waals surface area contributed by atoms with E-state index in [2.05, 4.69) is 33.8 Å². The lowest BCUT2D eigenvalue weighted by Gasteiger charge is -2.35. The Labute approximate surface area is 190 Å². The Morgan fingerprint density at radius 3 is 2.53 bits per heavy atom. The highest BCUT2D eigenvalue weighted by Gasteiger charge is 2.28. The summed E-state index contributed by atoms with van der Waals surface area (Å²) in [7, 11) is 0. The number of likely N-dealkylation sites (tertiary alicyclic amines) is 1. The van der Waals surface area contributed by atoms with Crippen LogP contribution in [0.1, 0.15) is 69.5 Å². The first-order valence-corrected chi connectivity index (χ1v) is 12.5. The van der Waals surface area contributed by atoms with Crippen LogP contribution >= 0.6 is 0 Å². The van der Waals surface area contributed by atoms with Gasteiger partial charge in [-0.05, 0) is 56.8 Å². The van der Waals surface area contributed by atoms with Gasteiger partial charge < -0.3 is 9.47 Å². The summed E-state index contributed by atoms with van der Waals surface area (Å²) in [5.41, 5.74) is 3.35. The summed E-state index contributed by atoms with van der Waals surface area (Å²) in [5, 5.41) is 3.56. The second kappa shape index (κ2) is 9.26. The van der Waals surface area contributed by atoms with Crippen molar-refractivity contribution in [1.29, 1.82) is 0 Å². The van der Waals surface area contributed by atoms with Gasteiger partial charge in [-0.3, -0.25) is 15.0 Å². The van der Waals surface area contributed by atoms with Crippen molar-refractivity contribution in [1.82, 2.24) is 14.8 Å².